The molecule has 0 spiro atoms. The summed E-state index contributed by atoms with van der Waals surface area (Å²) in [5, 5.41) is 2.92. The van der Waals surface area contributed by atoms with Crippen LogP contribution in [0.1, 0.15) is 36.3 Å². The number of nitrogens with zero attached hydrogens (tertiary/aromatic N) is 2. The fraction of sp³-hybridized carbons (Fsp3) is 0.444. The van der Waals surface area contributed by atoms with E-state index in [2.05, 4.69) is 10.3 Å². The number of rotatable bonds is 4. The van der Waals surface area contributed by atoms with Gasteiger partial charge in [-0.2, -0.15) is 17.5 Å². The highest BCUT2D eigenvalue weighted by Crippen LogP contribution is 2.32. The third kappa shape index (κ3) is 4.96. The van der Waals surface area contributed by atoms with E-state index in [0.717, 1.165) is 11.8 Å². The molecule has 1 saturated heterocycles. The monoisotopic (exact) mass is 447 g/mol. The number of benzene rings is 1. The maximum absolute atomic E-state index is 12.9. The number of carbonyl (C=O) groups is 1. The smallest absolute Gasteiger partial charge is 0.298 e. The molecule has 2 unspecified atom stereocenters. The highest BCUT2D eigenvalue weighted by Gasteiger charge is 2.34. The standard InChI is InChI=1S/C18H20F3N3O3S2/c1-11-7-12(2)9-24(8-11)29(26,27)14-5-3-13(4-6-14)16(25)23-17-22-15(10-28-17)18(19,20)21/h3-6,10-12H,7-9H2,1-2H3,(H,22,23,25). The van der Waals surface area contributed by atoms with Gasteiger partial charge in [-0.15, -0.1) is 11.3 Å². The first kappa shape index (κ1) is 21.7. The second-order valence-electron chi connectivity index (χ2n) is 7.28. The van der Waals surface area contributed by atoms with Crippen LogP contribution in [-0.2, 0) is 16.2 Å². The van der Waals surface area contributed by atoms with Gasteiger partial charge in [0.1, 0.15) is 0 Å². The average molecular weight is 448 g/mol. The number of halogens is 3. The maximum Gasteiger partial charge on any atom is 0.434 e. The molecule has 11 heteroatoms. The number of carbonyl (C=O) groups excluding carboxylic acids is 1. The molecular weight excluding hydrogens is 427 g/mol. The van der Waals surface area contributed by atoms with E-state index in [0.29, 0.717) is 24.4 Å². The summed E-state index contributed by atoms with van der Waals surface area (Å²) in [5.41, 5.74) is -0.961. The molecule has 2 heterocycles. The van der Waals surface area contributed by atoms with Crippen LogP contribution >= 0.6 is 11.3 Å². The Labute approximate surface area is 170 Å². The van der Waals surface area contributed by atoms with E-state index in [9.17, 15) is 26.4 Å². The fourth-order valence-electron chi connectivity index (χ4n) is 3.36. The van der Waals surface area contributed by atoms with Gasteiger partial charge < -0.3 is 0 Å². The molecule has 1 N–H and O–H groups in total. The van der Waals surface area contributed by atoms with Crippen molar-refractivity contribution in [2.24, 2.45) is 11.8 Å². The molecule has 1 fully saturated rings. The summed E-state index contributed by atoms with van der Waals surface area (Å²) in [4.78, 5) is 15.6. The van der Waals surface area contributed by atoms with Crippen molar-refractivity contribution in [3.05, 3.63) is 40.9 Å². The Kier molecular flexibility index (Phi) is 6.02. The minimum absolute atomic E-state index is 0.0731. The third-order valence-electron chi connectivity index (χ3n) is 4.60. The van der Waals surface area contributed by atoms with Gasteiger partial charge in [-0.1, -0.05) is 13.8 Å². The average Bonchev–Trinajstić information content (AvgIpc) is 3.10. The Balaban J connectivity index is 1.72. The van der Waals surface area contributed by atoms with E-state index < -0.39 is 27.8 Å². The summed E-state index contributed by atoms with van der Waals surface area (Å²) in [6.07, 6.45) is -3.61. The number of amides is 1. The highest BCUT2D eigenvalue weighted by atomic mass is 32.2. The summed E-state index contributed by atoms with van der Waals surface area (Å²) in [6.45, 7) is 4.91. The van der Waals surface area contributed by atoms with E-state index in [1.165, 1.54) is 28.6 Å². The van der Waals surface area contributed by atoms with Gasteiger partial charge in [-0.3, -0.25) is 10.1 Å². The molecule has 0 bridgehead atoms. The summed E-state index contributed by atoms with van der Waals surface area (Å²) in [5.74, 6) is -0.144. The molecule has 6 nitrogen and oxygen atoms in total. The van der Waals surface area contributed by atoms with Crippen molar-refractivity contribution in [2.75, 3.05) is 18.4 Å². The molecule has 1 aliphatic heterocycles. The van der Waals surface area contributed by atoms with Gasteiger partial charge in [-0.05, 0) is 42.5 Å². The normalized spacial score (nSPS) is 21.1. The van der Waals surface area contributed by atoms with Crippen LogP contribution in [0.3, 0.4) is 0 Å². The fourth-order valence-corrected chi connectivity index (χ4v) is 5.75. The van der Waals surface area contributed by atoms with Crippen molar-refractivity contribution < 1.29 is 26.4 Å². The van der Waals surface area contributed by atoms with Gasteiger partial charge in [0.2, 0.25) is 10.0 Å². The highest BCUT2D eigenvalue weighted by molar-refractivity contribution is 7.89. The van der Waals surface area contributed by atoms with Crippen molar-refractivity contribution in [3.63, 3.8) is 0 Å². The number of thiazole rings is 1. The van der Waals surface area contributed by atoms with Crippen LogP contribution in [-0.4, -0.2) is 36.7 Å². The van der Waals surface area contributed by atoms with Gasteiger partial charge in [0, 0.05) is 24.0 Å². The lowest BCUT2D eigenvalue weighted by Gasteiger charge is -2.34. The van der Waals surface area contributed by atoms with Crippen LogP contribution in [0, 0.1) is 11.8 Å². The van der Waals surface area contributed by atoms with E-state index in [1.54, 1.807) is 0 Å². The number of anilines is 1. The number of hydrogen-bond acceptors (Lipinski definition) is 5. The number of aromatic nitrogens is 1. The number of nitrogens with one attached hydrogen (secondary N) is 1. The van der Waals surface area contributed by atoms with Crippen LogP contribution < -0.4 is 5.32 Å². The van der Waals surface area contributed by atoms with Gasteiger partial charge >= 0.3 is 6.18 Å². The first-order valence-electron chi connectivity index (χ1n) is 8.91. The molecule has 1 amide bonds. The molecule has 2 aromatic rings. The first-order valence-corrected chi connectivity index (χ1v) is 11.2. The lowest BCUT2D eigenvalue weighted by Crippen LogP contribution is -2.42. The Morgan fingerprint density at radius 2 is 1.76 bits per heavy atom. The van der Waals surface area contributed by atoms with Crippen LogP contribution in [0.5, 0.6) is 0 Å². The predicted octanol–water partition coefficient (Wildman–Crippen LogP) is 4.08. The number of alkyl halides is 3. The van der Waals surface area contributed by atoms with Crippen molar-refractivity contribution >= 4 is 32.4 Å². The van der Waals surface area contributed by atoms with Crippen molar-refractivity contribution in [1.29, 1.82) is 0 Å². The summed E-state index contributed by atoms with van der Waals surface area (Å²) in [7, 11) is -3.68. The molecule has 1 aliphatic rings. The summed E-state index contributed by atoms with van der Waals surface area (Å²) >= 11 is 0.660. The first-order chi connectivity index (χ1) is 13.5. The molecule has 0 saturated carbocycles. The van der Waals surface area contributed by atoms with E-state index >= 15 is 0 Å². The largest absolute Gasteiger partial charge is 0.434 e. The zero-order valence-electron chi connectivity index (χ0n) is 15.7. The second-order valence-corrected chi connectivity index (χ2v) is 10.1. The molecule has 29 heavy (non-hydrogen) atoms. The zero-order valence-corrected chi connectivity index (χ0v) is 17.4. The van der Waals surface area contributed by atoms with Crippen LogP contribution in [0.25, 0.3) is 0 Å². The molecule has 0 aliphatic carbocycles. The number of sulfonamides is 1. The van der Waals surface area contributed by atoms with Gasteiger partial charge in [0.05, 0.1) is 4.90 Å². The molecule has 1 aromatic heterocycles. The van der Waals surface area contributed by atoms with Crippen molar-refractivity contribution in [3.8, 4) is 0 Å². The quantitative estimate of drug-likeness (QED) is 0.766. The number of hydrogen-bond donors (Lipinski definition) is 1. The zero-order chi connectivity index (χ0) is 21.4. The minimum atomic E-state index is -4.58. The Morgan fingerprint density at radius 1 is 1.17 bits per heavy atom. The molecule has 2 atom stereocenters. The number of piperidine rings is 1. The predicted molar refractivity (Wildman–Crippen MR) is 103 cm³/mol. The van der Waals surface area contributed by atoms with E-state index in [4.69, 9.17) is 0 Å². The van der Waals surface area contributed by atoms with Crippen LogP contribution in [0.15, 0.2) is 34.5 Å². The summed E-state index contributed by atoms with van der Waals surface area (Å²) in [6, 6.07) is 5.32. The minimum Gasteiger partial charge on any atom is -0.298 e. The SMILES string of the molecule is CC1CC(C)CN(S(=O)(=O)c2ccc(C(=O)Nc3nc(C(F)(F)F)cs3)cc2)C1. The van der Waals surface area contributed by atoms with Gasteiger partial charge in [-0.25, -0.2) is 13.4 Å². The molecular formula is C18H20F3N3O3S2. The van der Waals surface area contributed by atoms with Gasteiger partial charge in [0.15, 0.2) is 10.8 Å². The molecule has 0 radical (unpaired) electrons. The third-order valence-corrected chi connectivity index (χ3v) is 7.21. The topological polar surface area (TPSA) is 79.4 Å². The lowest BCUT2D eigenvalue weighted by molar-refractivity contribution is -0.140. The lowest BCUT2D eigenvalue weighted by atomic mass is 9.94. The van der Waals surface area contributed by atoms with Crippen LogP contribution in [0.2, 0.25) is 0 Å². The summed E-state index contributed by atoms with van der Waals surface area (Å²) < 4.78 is 64.9. The van der Waals surface area contributed by atoms with E-state index in [1.807, 2.05) is 13.8 Å². The Morgan fingerprint density at radius 3 is 2.28 bits per heavy atom. The van der Waals surface area contributed by atoms with Crippen LogP contribution in [0.4, 0.5) is 18.3 Å². The van der Waals surface area contributed by atoms with Gasteiger partial charge in [0.25, 0.3) is 5.91 Å². The van der Waals surface area contributed by atoms with E-state index in [-0.39, 0.29) is 27.4 Å². The van der Waals surface area contributed by atoms with Crippen molar-refractivity contribution in [2.45, 2.75) is 31.3 Å². The molecule has 1 aromatic carbocycles. The second kappa shape index (κ2) is 8.04. The Bertz CT molecular complexity index is 978. The molecule has 3 rings (SSSR count). The van der Waals surface area contributed by atoms with Crippen molar-refractivity contribution in [1.82, 2.24) is 9.29 Å². The molecule has 158 valence electrons. The maximum atomic E-state index is 12.9. The Hall–Kier alpha value is -1.98.